The molecule has 2 heterocycles. The standard InChI is InChI=1S/C16H28N4O2/c1-12(2)11-22-9-7-16(21)19-8-5-6-15(10-19)20-14(4)17-13(3)18-20/h12,15H,5-11H2,1-4H3/t15-/m1/s1. The minimum absolute atomic E-state index is 0.183. The van der Waals surface area contributed by atoms with E-state index in [1.54, 1.807) is 0 Å². The van der Waals surface area contributed by atoms with Crippen molar-refractivity contribution >= 4 is 5.91 Å². The van der Waals surface area contributed by atoms with Gasteiger partial charge in [0.1, 0.15) is 11.6 Å². The summed E-state index contributed by atoms with van der Waals surface area (Å²) >= 11 is 0. The van der Waals surface area contributed by atoms with E-state index in [1.807, 2.05) is 23.4 Å². The van der Waals surface area contributed by atoms with Crippen LogP contribution in [0.3, 0.4) is 0 Å². The molecule has 124 valence electrons. The van der Waals surface area contributed by atoms with Gasteiger partial charge in [0.15, 0.2) is 0 Å². The average Bonchev–Trinajstić information content (AvgIpc) is 2.82. The largest absolute Gasteiger partial charge is 0.381 e. The molecule has 1 atom stereocenters. The third kappa shape index (κ3) is 4.53. The van der Waals surface area contributed by atoms with Crippen LogP contribution in [0.2, 0.25) is 0 Å². The van der Waals surface area contributed by atoms with E-state index in [0.29, 0.717) is 25.6 Å². The first-order valence-corrected chi connectivity index (χ1v) is 8.22. The number of carbonyl (C=O) groups is 1. The quantitative estimate of drug-likeness (QED) is 0.755. The summed E-state index contributed by atoms with van der Waals surface area (Å²) in [6, 6.07) is 0.246. The Hall–Kier alpha value is -1.43. The fraction of sp³-hybridized carbons (Fsp3) is 0.812. The van der Waals surface area contributed by atoms with E-state index in [4.69, 9.17) is 4.74 Å². The molecule has 1 saturated heterocycles. The molecule has 1 aliphatic rings. The number of aryl methyl sites for hydroxylation is 2. The van der Waals surface area contributed by atoms with Crippen LogP contribution in [0.5, 0.6) is 0 Å². The van der Waals surface area contributed by atoms with Crippen molar-refractivity contribution in [1.29, 1.82) is 0 Å². The molecule has 1 amide bonds. The van der Waals surface area contributed by atoms with Crippen molar-refractivity contribution in [3.05, 3.63) is 11.6 Å². The Morgan fingerprint density at radius 1 is 1.41 bits per heavy atom. The topological polar surface area (TPSA) is 60.2 Å². The Kier molecular flexibility index (Phi) is 5.94. The van der Waals surface area contributed by atoms with E-state index in [9.17, 15) is 4.79 Å². The van der Waals surface area contributed by atoms with E-state index in [1.165, 1.54) is 0 Å². The molecule has 0 radical (unpaired) electrons. The van der Waals surface area contributed by atoms with Crippen molar-refractivity contribution in [2.45, 2.75) is 53.0 Å². The molecule has 1 aromatic rings. The van der Waals surface area contributed by atoms with Crippen LogP contribution in [0.1, 0.15) is 50.8 Å². The zero-order chi connectivity index (χ0) is 16.1. The number of ether oxygens (including phenoxy) is 1. The fourth-order valence-corrected chi connectivity index (χ4v) is 2.90. The maximum Gasteiger partial charge on any atom is 0.224 e. The van der Waals surface area contributed by atoms with Crippen LogP contribution in [0.25, 0.3) is 0 Å². The van der Waals surface area contributed by atoms with Gasteiger partial charge < -0.3 is 9.64 Å². The van der Waals surface area contributed by atoms with Gasteiger partial charge in [0.25, 0.3) is 0 Å². The molecule has 0 aromatic carbocycles. The van der Waals surface area contributed by atoms with E-state index in [0.717, 1.165) is 37.6 Å². The van der Waals surface area contributed by atoms with Gasteiger partial charge in [0.05, 0.1) is 19.1 Å². The molecule has 1 aliphatic heterocycles. The Balaban J connectivity index is 1.85. The SMILES string of the molecule is Cc1nc(C)n([C@@H]2CCCN(C(=O)CCOCC(C)C)C2)n1. The molecule has 0 unspecified atom stereocenters. The third-order valence-electron chi connectivity index (χ3n) is 3.91. The van der Waals surface area contributed by atoms with Crippen molar-refractivity contribution in [3.63, 3.8) is 0 Å². The Morgan fingerprint density at radius 2 is 2.18 bits per heavy atom. The number of carbonyl (C=O) groups excluding carboxylic acids is 1. The summed E-state index contributed by atoms with van der Waals surface area (Å²) in [5, 5.41) is 4.47. The van der Waals surface area contributed by atoms with Crippen molar-refractivity contribution in [2.24, 2.45) is 5.92 Å². The first-order valence-electron chi connectivity index (χ1n) is 8.22. The molecule has 0 aliphatic carbocycles. The smallest absolute Gasteiger partial charge is 0.224 e. The lowest BCUT2D eigenvalue weighted by molar-refractivity contribution is -0.134. The molecule has 6 nitrogen and oxygen atoms in total. The van der Waals surface area contributed by atoms with Crippen LogP contribution in [0.4, 0.5) is 0 Å². The molecule has 0 saturated carbocycles. The van der Waals surface area contributed by atoms with Crippen LogP contribution in [-0.2, 0) is 9.53 Å². The third-order valence-corrected chi connectivity index (χ3v) is 3.91. The highest BCUT2D eigenvalue weighted by atomic mass is 16.5. The van der Waals surface area contributed by atoms with Crippen LogP contribution in [0, 0.1) is 19.8 Å². The molecule has 6 heteroatoms. The van der Waals surface area contributed by atoms with Gasteiger partial charge in [-0.05, 0) is 32.6 Å². The number of likely N-dealkylation sites (tertiary alicyclic amines) is 1. The predicted octanol–water partition coefficient (Wildman–Crippen LogP) is 2.12. The number of piperidine rings is 1. The Morgan fingerprint density at radius 3 is 2.82 bits per heavy atom. The van der Waals surface area contributed by atoms with Gasteiger partial charge in [-0.3, -0.25) is 4.79 Å². The molecule has 0 spiro atoms. The van der Waals surface area contributed by atoms with Gasteiger partial charge in [-0.15, -0.1) is 0 Å². The second kappa shape index (κ2) is 7.72. The van der Waals surface area contributed by atoms with Crippen LogP contribution in [-0.4, -0.2) is 51.9 Å². The summed E-state index contributed by atoms with van der Waals surface area (Å²) in [4.78, 5) is 18.6. The first kappa shape index (κ1) is 16.9. The normalized spacial score (nSPS) is 19.0. The van der Waals surface area contributed by atoms with E-state index >= 15 is 0 Å². The highest BCUT2D eigenvalue weighted by molar-refractivity contribution is 5.76. The lowest BCUT2D eigenvalue weighted by Crippen LogP contribution is -2.41. The summed E-state index contributed by atoms with van der Waals surface area (Å²) in [6.07, 6.45) is 2.54. The van der Waals surface area contributed by atoms with Crippen molar-refractivity contribution in [1.82, 2.24) is 19.7 Å². The van der Waals surface area contributed by atoms with Crippen molar-refractivity contribution in [3.8, 4) is 0 Å². The second-order valence-electron chi connectivity index (χ2n) is 6.51. The number of hydrogen-bond donors (Lipinski definition) is 0. The maximum atomic E-state index is 12.3. The summed E-state index contributed by atoms with van der Waals surface area (Å²) in [5.41, 5.74) is 0. The van der Waals surface area contributed by atoms with Crippen molar-refractivity contribution < 1.29 is 9.53 Å². The average molecular weight is 308 g/mol. The van der Waals surface area contributed by atoms with Gasteiger partial charge in [-0.2, -0.15) is 5.10 Å². The van der Waals surface area contributed by atoms with E-state index in [-0.39, 0.29) is 11.9 Å². The first-order chi connectivity index (χ1) is 10.5. The molecule has 0 bridgehead atoms. The minimum atomic E-state index is 0.183. The number of aromatic nitrogens is 3. The van der Waals surface area contributed by atoms with Gasteiger partial charge in [0, 0.05) is 19.7 Å². The summed E-state index contributed by atoms with van der Waals surface area (Å²) in [7, 11) is 0. The molecular formula is C16H28N4O2. The summed E-state index contributed by atoms with van der Waals surface area (Å²) < 4.78 is 7.49. The number of nitrogens with zero attached hydrogens (tertiary/aromatic N) is 4. The number of amides is 1. The second-order valence-corrected chi connectivity index (χ2v) is 6.51. The monoisotopic (exact) mass is 308 g/mol. The molecule has 1 aromatic heterocycles. The molecule has 2 rings (SSSR count). The summed E-state index contributed by atoms with van der Waals surface area (Å²) in [5.74, 6) is 2.41. The molecule has 1 fully saturated rings. The molecule has 22 heavy (non-hydrogen) atoms. The van der Waals surface area contributed by atoms with Crippen LogP contribution >= 0.6 is 0 Å². The predicted molar refractivity (Wildman–Crippen MR) is 84.6 cm³/mol. The van der Waals surface area contributed by atoms with Crippen LogP contribution < -0.4 is 0 Å². The lowest BCUT2D eigenvalue weighted by atomic mass is 10.1. The Labute approximate surface area is 132 Å². The molecule has 0 N–H and O–H groups in total. The zero-order valence-corrected chi connectivity index (χ0v) is 14.2. The minimum Gasteiger partial charge on any atom is -0.381 e. The summed E-state index contributed by atoms with van der Waals surface area (Å²) in [6.45, 7) is 10.9. The highest BCUT2D eigenvalue weighted by Gasteiger charge is 2.26. The Bertz CT molecular complexity index is 498. The van der Waals surface area contributed by atoms with E-state index in [2.05, 4.69) is 23.9 Å². The lowest BCUT2D eigenvalue weighted by Gasteiger charge is -2.33. The van der Waals surface area contributed by atoms with Gasteiger partial charge in [-0.1, -0.05) is 13.8 Å². The van der Waals surface area contributed by atoms with Gasteiger partial charge in [-0.25, -0.2) is 9.67 Å². The van der Waals surface area contributed by atoms with E-state index < -0.39 is 0 Å². The van der Waals surface area contributed by atoms with Gasteiger partial charge >= 0.3 is 0 Å². The number of hydrogen-bond acceptors (Lipinski definition) is 4. The van der Waals surface area contributed by atoms with Crippen LogP contribution in [0.15, 0.2) is 0 Å². The van der Waals surface area contributed by atoms with Gasteiger partial charge in [0.2, 0.25) is 5.91 Å². The highest BCUT2D eigenvalue weighted by Crippen LogP contribution is 2.22. The molecular weight excluding hydrogens is 280 g/mol. The maximum absolute atomic E-state index is 12.3. The zero-order valence-electron chi connectivity index (χ0n) is 14.2. The number of rotatable bonds is 6. The fourth-order valence-electron chi connectivity index (χ4n) is 2.90. The van der Waals surface area contributed by atoms with Crippen molar-refractivity contribution in [2.75, 3.05) is 26.3 Å².